The molecular weight excluding hydrogens is 370 g/mol. The Balaban J connectivity index is 2.06. The summed E-state index contributed by atoms with van der Waals surface area (Å²) in [7, 11) is -0.155. The third-order valence-corrected chi connectivity index (χ3v) is 8.74. The highest BCUT2D eigenvalue weighted by Gasteiger charge is 2.49. The van der Waals surface area contributed by atoms with Gasteiger partial charge in [0.05, 0.1) is 5.92 Å². The van der Waals surface area contributed by atoms with Crippen LogP contribution in [0, 0.1) is 11.8 Å². The minimum absolute atomic E-state index is 0.129. The predicted octanol–water partition coefficient (Wildman–Crippen LogP) is 1.04. The van der Waals surface area contributed by atoms with E-state index in [0.717, 1.165) is 25.8 Å². The van der Waals surface area contributed by atoms with Crippen molar-refractivity contribution in [2.75, 3.05) is 33.7 Å². The van der Waals surface area contributed by atoms with Gasteiger partial charge in [0.15, 0.2) is 0 Å². The third-order valence-electron chi connectivity index (χ3n) is 6.44. The highest BCUT2D eigenvalue weighted by Crippen LogP contribution is 2.31. The Bertz CT molecular complexity index is 674. The van der Waals surface area contributed by atoms with E-state index in [1.807, 2.05) is 11.9 Å². The number of likely N-dealkylation sites (N-methyl/N-ethyl adjacent to an activating group) is 1. The second kappa shape index (κ2) is 8.05. The highest BCUT2D eigenvalue weighted by atomic mass is 32.2. The Morgan fingerprint density at radius 3 is 2.30 bits per heavy atom. The van der Waals surface area contributed by atoms with Crippen LogP contribution in [0.2, 0.25) is 0 Å². The van der Waals surface area contributed by atoms with Crippen molar-refractivity contribution in [2.24, 2.45) is 11.8 Å². The number of hydrogen-bond donors (Lipinski definition) is 1. The monoisotopic (exact) mass is 403 g/mol. The minimum Gasteiger partial charge on any atom is -0.479 e. The first-order chi connectivity index (χ1) is 12.4. The van der Waals surface area contributed by atoms with E-state index in [-0.39, 0.29) is 24.9 Å². The number of sulfonamides is 1. The van der Waals surface area contributed by atoms with Gasteiger partial charge in [0.25, 0.3) is 0 Å². The summed E-state index contributed by atoms with van der Waals surface area (Å²) >= 11 is 0. The maximum absolute atomic E-state index is 12.9. The average molecular weight is 404 g/mol. The van der Waals surface area contributed by atoms with Gasteiger partial charge in [-0.25, -0.2) is 13.2 Å². The van der Waals surface area contributed by atoms with Crippen molar-refractivity contribution in [3.8, 4) is 0 Å². The standard InChI is InChI=1S/C18H33N3O5S/c1-13(2)18(3,17(23)24)20(5)16(22)14-11-21(12-14)27(25,26)15-9-7-6-8-10-19(15)4/h13-15H,6-12H2,1-5H3,(H,23,24)/t15-,18?/m0/s1. The normalized spacial score (nSPS) is 25.5. The molecule has 2 heterocycles. The van der Waals surface area contributed by atoms with Gasteiger partial charge in [-0.15, -0.1) is 0 Å². The lowest BCUT2D eigenvalue weighted by atomic mass is 9.85. The quantitative estimate of drug-likeness (QED) is 0.711. The van der Waals surface area contributed by atoms with Crippen LogP contribution < -0.4 is 0 Å². The van der Waals surface area contributed by atoms with Gasteiger partial charge in [-0.1, -0.05) is 26.7 Å². The molecule has 156 valence electrons. The largest absolute Gasteiger partial charge is 0.479 e. The lowest BCUT2D eigenvalue weighted by Gasteiger charge is -2.45. The molecule has 0 spiro atoms. The van der Waals surface area contributed by atoms with Crippen LogP contribution in [0.15, 0.2) is 0 Å². The summed E-state index contributed by atoms with van der Waals surface area (Å²) in [6, 6.07) is 0. The maximum Gasteiger partial charge on any atom is 0.329 e. The Labute approximate surface area is 162 Å². The fourth-order valence-corrected chi connectivity index (χ4v) is 6.00. The smallest absolute Gasteiger partial charge is 0.329 e. The third kappa shape index (κ3) is 4.00. The molecule has 2 rings (SSSR count). The molecule has 1 amide bonds. The van der Waals surface area contributed by atoms with Crippen LogP contribution >= 0.6 is 0 Å². The number of rotatable bonds is 6. The molecule has 0 bridgehead atoms. The number of carboxylic acids is 1. The molecular formula is C18H33N3O5S. The summed E-state index contributed by atoms with van der Waals surface area (Å²) in [6.07, 6.45) is 3.53. The second-order valence-electron chi connectivity index (χ2n) is 8.35. The van der Waals surface area contributed by atoms with Gasteiger partial charge in [-0.2, -0.15) is 4.31 Å². The van der Waals surface area contributed by atoms with Gasteiger partial charge in [0.1, 0.15) is 10.9 Å². The summed E-state index contributed by atoms with van der Waals surface area (Å²) in [5, 5.41) is 9.06. The van der Waals surface area contributed by atoms with Crippen LogP contribution in [0.1, 0.15) is 46.5 Å². The maximum atomic E-state index is 12.9. The molecule has 0 aromatic carbocycles. The van der Waals surface area contributed by atoms with Crippen molar-refractivity contribution in [1.82, 2.24) is 14.1 Å². The van der Waals surface area contributed by atoms with E-state index in [9.17, 15) is 23.1 Å². The van der Waals surface area contributed by atoms with Crippen LogP contribution in [0.25, 0.3) is 0 Å². The van der Waals surface area contributed by atoms with Crippen LogP contribution in [-0.4, -0.2) is 84.1 Å². The van der Waals surface area contributed by atoms with E-state index in [0.29, 0.717) is 6.42 Å². The predicted molar refractivity (Wildman–Crippen MR) is 103 cm³/mol. The number of carbonyl (C=O) groups is 2. The molecule has 0 radical (unpaired) electrons. The van der Waals surface area contributed by atoms with Crippen LogP contribution in [0.4, 0.5) is 0 Å². The van der Waals surface area contributed by atoms with Crippen molar-refractivity contribution in [1.29, 1.82) is 0 Å². The van der Waals surface area contributed by atoms with Crippen molar-refractivity contribution < 1.29 is 23.1 Å². The first-order valence-electron chi connectivity index (χ1n) is 9.64. The Hall–Kier alpha value is -1.19. The SMILES string of the molecule is CC(C)C(C)(C(=O)O)N(C)C(=O)C1CN(S(=O)(=O)[C@H]2CCCCCN2C)C1. The molecule has 27 heavy (non-hydrogen) atoms. The molecule has 0 aromatic rings. The highest BCUT2D eigenvalue weighted by molar-refractivity contribution is 7.89. The fourth-order valence-electron chi connectivity index (χ4n) is 3.85. The van der Waals surface area contributed by atoms with Gasteiger partial charge in [-0.05, 0) is 39.3 Å². The Kier molecular flexibility index (Phi) is 6.59. The van der Waals surface area contributed by atoms with E-state index in [1.54, 1.807) is 13.8 Å². The zero-order valence-corrected chi connectivity index (χ0v) is 17.8. The number of likely N-dealkylation sites (tertiary alicyclic amines) is 1. The van der Waals surface area contributed by atoms with Crippen LogP contribution in [0.3, 0.4) is 0 Å². The number of aliphatic carboxylic acids is 1. The molecule has 0 saturated carbocycles. The van der Waals surface area contributed by atoms with Crippen LogP contribution in [-0.2, 0) is 19.6 Å². The zero-order chi connectivity index (χ0) is 20.6. The van der Waals surface area contributed by atoms with Crippen molar-refractivity contribution in [3.05, 3.63) is 0 Å². The van der Waals surface area contributed by atoms with Gasteiger partial charge < -0.3 is 10.0 Å². The topological polar surface area (TPSA) is 98.2 Å². The molecule has 2 atom stereocenters. The van der Waals surface area contributed by atoms with E-state index < -0.39 is 32.8 Å². The van der Waals surface area contributed by atoms with Crippen molar-refractivity contribution in [2.45, 2.75) is 57.4 Å². The first kappa shape index (κ1) is 22.1. The Morgan fingerprint density at radius 1 is 1.19 bits per heavy atom. The lowest BCUT2D eigenvalue weighted by molar-refractivity contribution is -0.163. The summed E-state index contributed by atoms with van der Waals surface area (Å²) in [6.45, 7) is 6.07. The minimum atomic E-state index is -3.49. The number of carbonyl (C=O) groups excluding carboxylic acids is 1. The van der Waals surface area contributed by atoms with Gasteiger partial charge in [-0.3, -0.25) is 9.69 Å². The summed E-state index contributed by atoms with van der Waals surface area (Å²) in [4.78, 5) is 27.7. The van der Waals surface area contributed by atoms with Crippen molar-refractivity contribution >= 4 is 21.9 Å². The van der Waals surface area contributed by atoms with Gasteiger partial charge in [0, 0.05) is 20.1 Å². The molecule has 2 saturated heterocycles. The molecule has 2 aliphatic heterocycles. The van der Waals surface area contributed by atoms with Gasteiger partial charge >= 0.3 is 5.97 Å². The molecule has 2 fully saturated rings. The summed E-state index contributed by atoms with van der Waals surface area (Å²) in [5.74, 6) is -2.13. The number of amides is 1. The molecule has 2 aliphatic rings. The van der Waals surface area contributed by atoms with E-state index in [1.165, 1.54) is 23.2 Å². The number of hydrogen-bond acceptors (Lipinski definition) is 5. The zero-order valence-electron chi connectivity index (χ0n) is 17.0. The molecule has 9 heteroatoms. The molecule has 0 aromatic heterocycles. The number of nitrogens with zero attached hydrogens (tertiary/aromatic N) is 3. The Morgan fingerprint density at radius 2 is 1.78 bits per heavy atom. The fraction of sp³-hybridized carbons (Fsp3) is 0.889. The van der Waals surface area contributed by atoms with Gasteiger partial charge in [0.2, 0.25) is 15.9 Å². The molecule has 8 nitrogen and oxygen atoms in total. The van der Waals surface area contributed by atoms with E-state index in [4.69, 9.17) is 0 Å². The number of carboxylic acid groups (broad SMARTS) is 1. The van der Waals surface area contributed by atoms with E-state index in [2.05, 4.69) is 0 Å². The van der Waals surface area contributed by atoms with Crippen molar-refractivity contribution in [3.63, 3.8) is 0 Å². The summed E-state index contributed by atoms with van der Waals surface area (Å²) < 4.78 is 27.3. The second-order valence-corrected chi connectivity index (χ2v) is 10.4. The first-order valence-corrected chi connectivity index (χ1v) is 11.1. The average Bonchev–Trinajstić information content (AvgIpc) is 2.75. The van der Waals surface area contributed by atoms with Crippen LogP contribution in [0.5, 0.6) is 0 Å². The molecule has 1 N–H and O–H groups in total. The van der Waals surface area contributed by atoms with E-state index >= 15 is 0 Å². The lowest BCUT2D eigenvalue weighted by Crippen LogP contribution is -2.64. The molecule has 1 unspecified atom stereocenters. The molecule has 0 aliphatic carbocycles. The summed E-state index contributed by atoms with van der Waals surface area (Å²) in [5.41, 5.74) is -1.32.